The lowest BCUT2D eigenvalue weighted by Crippen LogP contribution is -2.34. The topological polar surface area (TPSA) is 128 Å². The SMILES string of the molecule is Cc1ccc2c(c1)-c1cnc([nH]1)C(c1ccc(-c3cc(Cl)ccc3-n3cnnn3)c[n+]1[O-])CCCCC(=O)N2. The third-order valence-electron chi connectivity index (χ3n) is 6.98. The number of hydrogen-bond acceptors (Lipinski definition) is 6. The fraction of sp³-hybridized carbons (Fsp3) is 0.214. The van der Waals surface area contributed by atoms with E-state index in [0.717, 1.165) is 39.2 Å². The minimum absolute atomic E-state index is 0.0277. The smallest absolute Gasteiger partial charge is 0.224 e. The number of fused-ring (bicyclic) bond motifs is 4. The zero-order chi connectivity index (χ0) is 26.9. The summed E-state index contributed by atoms with van der Waals surface area (Å²) in [5.74, 6) is 0.401. The van der Waals surface area contributed by atoms with E-state index in [1.807, 2.05) is 43.3 Å². The Morgan fingerprint density at radius 2 is 2.00 bits per heavy atom. The van der Waals surface area contributed by atoms with Crippen molar-refractivity contribution in [3.63, 3.8) is 0 Å². The molecule has 39 heavy (non-hydrogen) atoms. The van der Waals surface area contributed by atoms with Crippen molar-refractivity contribution in [1.82, 2.24) is 30.2 Å². The molecule has 196 valence electrons. The lowest BCUT2D eigenvalue weighted by atomic mass is 9.95. The largest absolute Gasteiger partial charge is 0.618 e. The second kappa shape index (κ2) is 10.3. The number of tetrazole rings is 1. The molecule has 11 heteroatoms. The quantitative estimate of drug-likeness (QED) is 0.246. The maximum Gasteiger partial charge on any atom is 0.224 e. The van der Waals surface area contributed by atoms with Gasteiger partial charge in [-0.05, 0) is 66.6 Å². The normalized spacial score (nSPS) is 15.6. The molecule has 0 saturated carbocycles. The van der Waals surface area contributed by atoms with Crippen molar-refractivity contribution in [3.05, 3.63) is 94.6 Å². The van der Waals surface area contributed by atoms with Crippen molar-refractivity contribution in [1.29, 1.82) is 0 Å². The van der Waals surface area contributed by atoms with Crippen molar-refractivity contribution in [3.8, 4) is 28.1 Å². The van der Waals surface area contributed by atoms with Crippen LogP contribution in [0.25, 0.3) is 28.1 Å². The average molecular weight is 541 g/mol. The van der Waals surface area contributed by atoms with Gasteiger partial charge in [-0.2, -0.15) is 9.41 Å². The predicted molar refractivity (Wildman–Crippen MR) is 146 cm³/mol. The summed E-state index contributed by atoms with van der Waals surface area (Å²) in [5.41, 5.74) is 6.12. The summed E-state index contributed by atoms with van der Waals surface area (Å²) >= 11 is 6.30. The molecule has 0 fully saturated rings. The van der Waals surface area contributed by atoms with Crippen LogP contribution in [0.1, 0.15) is 48.7 Å². The van der Waals surface area contributed by atoms with E-state index < -0.39 is 0 Å². The molecule has 0 aliphatic carbocycles. The second-order valence-corrected chi connectivity index (χ2v) is 10.1. The highest BCUT2D eigenvalue weighted by atomic mass is 35.5. The molecule has 0 saturated heterocycles. The van der Waals surface area contributed by atoms with E-state index in [9.17, 15) is 10.0 Å². The van der Waals surface area contributed by atoms with Gasteiger partial charge in [-0.1, -0.05) is 29.7 Å². The van der Waals surface area contributed by atoms with Crippen molar-refractivity contribution in [2.24, 2.45) is 0 Å². The Morgan fingerprint density at radius 1 is 1.10 bits per heavy atom. The van der Waals surface area contributed by atoms with Gasteiger partial charge < -0.3 is 15.5 Å². The number of carbonyl (C=O) groups excluding carboxylic acids is 1. The predicted octanol–water partition coefficient (Wildman–Crippen LogP) is 4.96. The number of halogens is 1. The summed E-state index contributed by atoms with van der Waals surface area (Å²) < 4.78 is 2.42. The van der Waals surface area contributed by atoms with Crippen LogP contribution in [-0.4, -0.2) is 36.1 Å². The molecule has 0 spiro atoms. The number of anilines is 1. The van der Waals surface area contributed by atoms with Crippen LogP contribution in [-0.2, 0) is 4.79 Å². The van der Waals surface area contributed by atoms with Crippen molar-refractivity contribution >= 4 is 23.2 Å². The van der Waals surface area contributed by atoms with Gasteiger partial charge in [0.05, 0.1) is 23.3 Å². The first kappa shape index (κ1) is 24.7. The Balaban J connectivity index is 1.40. The van der Waals surface area contributed by atoms with Gasteiger partial charge in [0, 0.05) is 34.2 Å². The summed E-state index contributed by atoms with van der Waals surface area (Å²) in [6.45, 7) is 2.00. The fourth-order valence-electron chi connectivity index (χ4n) is 5.04. The molecular weight excluding hydrogens is 516 g/mol. The second-order valence-electron chi connectivity index (χ2n) is 9.66. The van der Waals surface area contributed by atoms with E-state index >= 15 is 0 Å². The van der Waals surface area contributed by atoms with Gasteiger partial charge in [0.15, 0.2) is 6.20 Å². The van der Waals surface area contributed by atoms with E-state index in [4.69, 9.17) is 11.6 Å². The Labute approximate surface area is 229 Å². The monoisotopic (exact) mass is 540 g/mol. The number of rotatable bonds is 3. The van der Waals surface area contributed by atoms with Gasteiger partial charge in [-0.15, -0.1) is 5.10 Å². The molecule has 2 N–H and O–H groups in total. The van der Waals surface area contributed by atoms with E-state index in [0.29, 0.717) is 47.1 Å². The summed E-state index contributed by atoms with van der Waals surface area (Å²) in [4.78, 5) is 20.7. The van der Waals surface area contributed by atoms with Crippen LogP contribution in [0.15, 0.2) is 67.3 Å². The molecule has 6 rings (SSSR count). The lowest BCUT2D eigenvalue weighted by molar-refractivity contribution is -0.614. The van der Waals surface area contributed by atoms with Crippen LogP contribution in [0.2, 0.25) is 5.02 Å². The maximum absolute atomic E-state index is 13.5. The number of aromatic amines is 1. The summed E-state index contributed by atoms with van der Waals surface area (Å²) in [6.07, 6.45) is 7.32. The summed E-state index contributed by atoms with van der Waals surface area (Å²) in [5, 5.41) is 28.5. The number of aromatic nitrogens is 7. The first-order chi connectivity index (χ1) is 19.0. The van der Waals surface area contributed by atoms with Crippen molar-refractivity contribution < 1.29 is 9.52 Å². The Bertz CT molecular complexity index is 1660. The molecule has 4 heterocycles. The number of pyridine rings is 1. The number of benzene rings is 2. The number of H-pyrrole nitrogens is 1. The summed E-state index contributed by atoms with van der Waals surface area (Å²) in [7, 11) is 0. The molecule has 1 aliphatic heterocycles. The van der Waals surface area contributed by atoms with Gasteiger partial charge in [-0.25, -0.2) is 4.98 Å². The molecule has 2 bridgehead atoms. The highest BCUT2D eigenvalue weighted by molar-refractivity contribution is 6.31. The van der Waals surface area contributed by atoms with Crippen LogP contribution >= 0.6 is 11.6 Å². The number of carbonyl (C=O) groups is 1. The first-order valence-electron chi connectivity index (χ1n) is 12.7. The Morgan fingerprint density at radius 3 is 2.82 bits per heavy atom. The Hall–Kier alpha value is -4.57. The fourth-order valence-corrected chi connectivity index (χ4v) is 5.22. The standard InChI is InChI=1S/C28H25ClN8O2/c1-17-6-9-23-22(12-17)24-14-30-28(33-24)20(4-2-3-5-27(38)32-23)26-10-7-18(15-37(26)39)21-13-19(29)8-11-25(21)36-16-31-34-35-36/h6-16,20H,2-5H2,1H3,(H,30,33)(H,32,38). The number of imidazole rings is 1. The zero-order valence-corrected chi connectivity index (χ0v) is 21.9. The molecule has 1 atom stereocenters. The number of hydrogen-bond donors (Lipinski definition) is 2. The van der Waals surface area contributed by atoms with Gasteiger partial charge in [0.1, 0.15) is 18.1 Å². The Kier molecular flexibility index (Phi) is 6.54. The van der Waals surface area contributed by atoms with E-state index in [-0.39, 0.29) is 11.8 Å². The van der Waals surface area contributed by atoms with Crippen molar-refractivity contribution in [2.45, 2.75) is 38.5 Å². The molecule has 1 amide bonds. The van der Waals surface area contributed by atoms with Crippen LogP contribution in [0.4, 0.5) is 5.69 Å². The average Bonchev–Trinajstić information content (AvgIpc) is 3.63. The number of nitrogens with zero attached hydrogens (tertiary/aromatic N) is 6. The number of amides is 1. The molecule has 2 aromatic carbocycles. The van der Waals surface area contributed by atoms with Gasteiger partial charge >= 0.3 is 0 Å². The van der Waals surface area contributed by atoms with Gasteiger partial charge in [0.25, 0.3) is 0 Å². The minimum Gasteiger partial charge on any atom is -0.618 e. The molecule has 1 aliphatic rings. The van der Waals surface area contributed by atoms with Crippen molar-refractivity contribution in [2.75, 3.05) is 5.32 Å². The van der Waals surface area contributed by atoms with E-state index in [1.165, 1.54) is 11.0 Å². The third-order valence-corrected chi connectivity index (χ3v) is 7.21. The van der Waals surface area contributed by atoms with Crippen LogP contribution in [0.3, 0.4) is 0 Å². The highest BCUT2D eigenvalue weighted by Gasteiger charge is 2.27. The van der Waals surface area contributed by atoms with E-state index in [1.54, 1.807) is 24.5 Å². The highest BCUT2D eigenvalue weighted by Crippen LogP contribution is 2.34. The lowest BCUT2D eigenvalue weighted by Gasteiger charge is -2.17. The maximum atomic E-state index is 13.5. The van der Waals surface area contributed by atoms with Crippen LogP contribution in [0.5, 0.6) is 0 Å². The van der Waals surface area contributed by atoms with Crippen LogP contribution < -0.4 is 10.0 Å². The molecule has 0 radical (unpaired) electrons. The zero-order valence-electron chi connectivity index (χ0n) is 21.1. The first-order valence-corrected chi connectivity index (χ1v) is 13.1. The van der Waals surface area contributed by atoms with Gasteiger partial charge in [0.2, 0.25) is 11.6 Å². The molecule has 3 aromatic heterocycles. The molecule has 10 nitrogen and oxygen atoms in total. The molecular formula is C28H25ClN8O2. The number of nitrogens with one attached hydrogen (secondary N) is 2. The molecule has 5 aromatic rings. The third kappa shape index (κ3) is 4.98. The molecule has 1 unspecified atom stereocenters. The van der Waals surface area contributed by atoms with Crippen LogP contribution in [0, 0.1) is 12.1 Å². The summed E-state index contributed by atoms with van der Waals surface area (Å²) in [6, 6.07) is 15.0. The minimum atomic E-state index is -0.278. The van der Waals surface area contributed by atoms with E-state index in [2.05, 4.69) is 30.8 Å². The number of aryl methyl sites for hydroxylation is 1. The van der Waals surface area contributed by atoms with Gasteiger partial charge in [-0.3, -0.25) is 4.79 Å².